The quantitative estimate of drug-likeness (QED) is 0.567. The van der Waals surface area contributed by atoms with Crippen LogP contribution >= 0.6 is 31.9 Å². The van der Waals surface area contributed by atoms with Crippen molar-refractivity contribution < 1.29 is 0 Å². The molecule has 0 aliphatic heterocycles. The van der Waals surface area contributed by atoms with Gasteiger partial charge in [-0.25, -0.2) is 4.98 Å². The van der Waals surface area contributed by atoms with E-state index >= 15 is 0 Å². The molecule has 2 aromatic carbocycles. The Bertz CT molecular complexity index is 764. The van der Waals surface area contributed by atoms with Crippen LogP contribution in [0, 0.1) is 6.92 Å². The van der Waals surface area contributed by atoms with E-state index < -0.39 is 0 Å². The van der Waals surface area contributed by atoms with Crippen molar-refractivity contribution in [1.29, 1.82) is 0 Å². The van der Waals surface area contributed by atoms with Crippen LogP contribution in [0.4, 0.5) is 0 Å². The Morgan fingerprint density at radius 3 is 2.33 bits per heavy atom. The molecule has 0 spiro atoms. The number of imidazole rings is 1. The predicted octanol–water partition coefficient (Wildman–Crippen LogP) is 5.43. The fourth-order valence-corrected chi connectivity index (χ4v) is 3.11. The lowest BCUT2D eigenvalue weighted by molar-refractivity contribution is 0.788. The lowest BCUT2D eigenvalue weighted by Gasteiger charge is -2.11. The highest BCUT2D eigenvalue weighted by Gasteiger charge is 2.16. The molecular weight excluding hydrogens is 392 g/mol. The predicted molar refractivity (Wildman–Crippen MR) is 93.3 cm³/mol. The second kappa shape index (κ2) is 6.16. The lowest BCUT2D eigenvalue weighted by Crippen LogP contribution is -2.03. The van der Waals surface area contributed by atoms with E-state index in [0.29, 0.717) is 0 Å². The zero-order valence-electron chi connectivity index (χ0n) is 11.6. The highest BCUT2D eigenvalue weighted by molar-refractivity contribution is 9.13. The van der Waals surface area contributed by atoms with Crippen molar-refractivity contribution >= 4 is 31.9 Å². The molecule has 4 heteroatoms. The number of benzene rings is 2. The van der Waals surface area contributed by atoms with Gasteiger partial charge in [-0.3, -0.25) is 0 Å². The first-order chi connectivity index (χ1) is 10.2. The summed E-state index contributed by atoms with van der Waals surface area (Å²) in [5.41, 5.74) is 3.62. The fraction of sp³-hybridized carbons (Fsp3) is 0.118. The number of hydrogen-bond donors (Lipinski definition) is 0. The molecule has 0 unspecified atom stereocenters. The summed E-state index contributed by atoms with van der Waals surface area (Å²) in [5.74, 6) is 0.968. The Labute approximate surface area is 141 Å². The Hall–Kier alpha value is -1.39. The van der Waals surface area contributed by atoms with Crippen LogP contribution < -0.4 is 0 Å². The Morgan fingerprint density at radius 2 is 1.62 bits per heavy atom. The number of aromatic nitrogens is 2. The van der Waals surface area contributed by atoms with E-state index in [1.165, 1.54) is 11.1 Å². The second-order valence-electron chi connectivity index (χ2n) is 4.90. The smallest absolute Gasteiger partial charge is 0.142 e. The van der Waals surface area contributed by atoms with Crippen LogP contribution in [0.25, 0.3) is 11.4 Å². The second-order valence-corrected chi connectivity index (χ2v) is 6.41. The summed E-state index contributed by atoms with van der Waals surface area (Å²) >= 11 is 7.16. The van der Waals surface area contributed by atoms with Gasteiger partial charge < -0.3 is 4.57 Å². The molecule has 0 saturated heterocycles. The number of aryl methyl sites for hydroxylation is 1. The maximum Gasteiger partial charge on any atom is 0.142 e. The first kappa shape index (κ1) is 14.5. The molecule has 0 N–H and O–H groups in total. The third-order valence-electron chi connectivity index (χ3n) is 3.44. The molecule has 0 amide bonds. The highest BCUT2D eigenvalue weighted by atomic mass is 79.9. The maximum atomic E-state index is 4.67. The molecule has 0 radical (unpaired) electrons. The molecule has 3 aromatic rings. The van der Waals surface area contributed by atoms with Gasteiger partial charge in [-0.1, -0.05) is 54.6 Å². The fourth-order valence-electron chi connectivity index (χ4n) is 2.34. The van der Waals surface area contributed by atoms with Crippen LogP contribution in [0.15, 0.2) is 63.8 Å². The number of halogens is 2. The minimum Gasteiger partial charge on any atom is -0.313 e. The van der Waals surface area contributed by atoms with Gasteiger partial charge in [0.1, 0.15) is 15.0 Å². The Balaban J connectivity index is 2.10. The van der Waals surface area contributed by atoms with Crippen LogP contribution in [0.5, 0.6) is 0 Å². The molecule has 0 atom stereocenters. The van der Waals surface area contributed by atoms with Crippen molar-refractivity contribution in [1.82, 2.24) is 9.55 Å². The molecule has 0 bridgehead atoms. The van der Waals surface area contributed by atoms with Crippen molar-refractivity contribution in [3.8, 4) is 11.4 Å². The minimum absolute atomic E-state index is 0.781. The third kappa shape index (κ3) is 2.97. The number of nitrogens with zero attached hydrogens (tertiary/aromatic N) is 2. The average Bonchev–Trinajstić information content (AvgIpc) is 2.77. The Kier molecular flexibility index (Phi) is 4.27. The zero-order chi connectivity index (χ0) is 14.8. The summed E-state index contributed by atoms with van der Waals surface area (Å²) in [7, 11) is 0. The van der Waals surface area contributed by atoms with E-state index in [1.54, 1.807) is 0 Å². The molecule has 0 fully saturated rings. The van der Waals surface area contributed by atoms with E-state index in [-0.39, 0.29) is 0 Å². The van der Waals surface area contributed by atoms with Crippen molar-refractivity contribution in [3.63, 3.8) is 0 Å². The van der Waals surface area contributed by atoms with E-state index in [2.05, 4.69) is 84.7 Å². The van der Waals surface area contributed by atoms with Gasteiger partial charge in [-0.05, 0) is 49.9 Å². The Morgan fingerprint density at radius 1 is 0.952 bits per heavy atom. The van der Waals surface area contributed by atoms with Crippen molar-refractivity contribution in [2.45, 2.75) is 13.5 Å². The van der Waals surface area contributed by atoms with Crippen molar-refractivity contribution in [3.05, 3.63) is 74.9 Å². The van der Waals surface area contributed by atoms with Gasteiger partial charge in [0.2, 0.25) is 0 Å². The summed E-state index contributed by atoms with van der Waals surface area (Å²) in [6.45, 7) is 2.89. The van der Waals surface area contributed by atoms with E-state index in [1.807, 2.05) is 18.2 Å². The first-order valence-electron chi connectivity index (χ1n) is 6.68. The van der Waals surface area contributed by atoms with Gasteiger partial charge in [0, 0.05) is 5.56 Å². The van der Waals surface area contributed by atoms with Crippen LogP contribution in [0.2, 0.25) is 0 Å². The van der Waals surface area contributed by atoms with Gasteiger partial charge in [0.25, 0.3) is 0 Å². The summed E-state index contributed by atoms with van der Waals surface area (Å²) < 4.78 is 3.98. The van der Waals surface area contributed by atoms with Gasteiger partial charge >= 0.3 is 0 Å². The highest BCUT2D eigenvalue weighted by Crippen LogP contribution is 2.31. The van der Waals surface area contributed by atoms with E-state index in [0.717, 1.165) is 27.1 Å². The van der Waals surface area contributed by atoms with Crippen LogP contribution in [-0.4, -0.2) is 9.55 Å². The maximum absolute atomic E-state index is 4.67. The normalized spacial score (nSPS) is 10.8. The van der Waals surface area contributed by atoms with Crippen LogP contribution in [-0.2, 0) is 6.54 Å². The molecular formula is C17H14Br2N2. The summed E-state index contributed by atoms with van der Waals surface area (Å²) in [6.07, 6.45) is 0. The number of hydrogen-bond acceptors (Lipinski definition) is 1. The minimum atomic E-state index is 0.781. The molecule has 21 heavy (non-hydrogen) atoms. The van der Waals surface area contributed by atoms with E-state index in [9.17, 15) is 0 Å². The monoisotopic (exact) mass is 404 g/mol. The van der Waals surface area contributed by atoms with Gasteiger partial charge in [-0.2, -0.15) is 0 Å². The largest absolute Gasteiger partial charge is 0.313 e. The third-order valence-corrected chi connectivity index (χ3v) is 5.33. The molecule has 1 aromatic heterocycles. The van der Waals surface area contributed by atoms with Gasteiger partial charge in [0.15, 0.2) is 0 Å². The molecule has 2 nitrogen and oxygen atoms in total. The SMILES string of the molecule is Cc1ccccc1-c1nc(Br)c(Br)n1Cc1ccccc1. The number of rotatable bonds is 3. The van der Waals surface area contributed by atoms with Gasteiger partial charge in [0.05, 0.1) is 6.54 Å². The summed E-state index contributed by atoms with van der Waals surface area (Å²) in [5, 5.41) is 0. The summed E-state index contributed by atoms with van der Waals surface area (Å²) in [6, 6.07) is 18.7. The molecule has 0 aliphatic rings. The van der Waals surface area contributed by atoms with Crippen LogP contribution in [0.1, 0.15) is 11.1 Å². The lowest BCUT2D eigenvalue weighted by atomic mass is 10.1. The molecule has 1 heterocycles. The average molecular weight is 406 g/mol. The molecule has 0 saturated carbocycles. The molecule has 3 rings (SSSR count). The van der Waals surface area contributed by atoms with Gasteiger partial charge in [-0.15, -0.1) is 0 Å². The first-order valence-corrected chi connectivity index (χ1v) is 8.27. The van der Waals surface area contributed by atoms with E-state index in [4.69, 9.17) is 0 Å². The zero-order valence-corrected chi connectivity index (χ0v) is 14.7. The van der Waals surface area contributed by atoms with Crippen molar-refractivity contribution in [2.75, 3.05) is 0 Å². The standard InChI is InChI=1S/C17H14Br2N2/c1-12-7-5-6-10-14(12)17-20-15(18)16(19)21(17)11-13-8-3-2-4-9-13/h2-10H,11H2,1H3. The summed E-state index contributed by atoms with van der Waals surface area (Å²) in [4.78, 5) is 4.67. The molecule has 0 aliphatic carbocycles. The van der Waals surface area contributed by atoms with Crippen LogP contribution in [0.3, 0.4) is 0 Å². The van der Waals surface area contributed by atoms with Crippen molar-refractivity contribution in [2.24, 2.45) is 0 Å². The molecule has 106 valence electrons. The topological polar surface area (TPSA) is 17.8 Å².